The van der Waals surface area contributed by atoms with E-state index in [0.29, 0.717) is 57.4 Å². The van der Waals surface area contributed by atoms with E-state index in [1.807, 2.05) is 0 Å². The first kappa shape index (κ1) is 54.1. The quantitative estimate of drug-likeness (QED) is 0.0998. The highest BCUT2D eigenvalue weighted by molar-refractivity contribution is 7.91. The Morgan fingerprint density at radius 2 is 0.865 bits per heavy atom. The number of benzene rings is 2. The summed E-state index contributed by atoms with van der Waals surface area (Å²) in [5.74, 6) is 0.798. The molecule has 22 nitrogen and oxygen atoms in total. The average molecular weight is 1060 g/mol. The van der Waals surface area contributed by atoms with Crippen molar-refractivity contribution in [3.63, 3.8) is 0 Å². The highest BCUT2D eigenvalue weighted by atomic mass is 32.2. The first-order valence-corrected chi connectivity index (χ1v) is 25.7. The molecule has 2 N–H and O–H groups in total. The summed E-state index contributed by atoms with van der Waals surface area (Å²) in [6.45, 7) is 8.69. The van der Waals surface area contributed by atoms with Gasteiger partial charge in [-0.1, -0.05) is 12.1 Å². The minimum absolute atomic E-state index is 0.0227. The Morgan fingerprint density at radius 3 is 1.14 bits per heavy atom. The number of hydrogen-bond donors (Lipinski definition) is 2. The minimum Gasteiger partial charge on any atom is -0.494 e. The van der Waals surface area contributed by atoms with Crippen molar-refractivity contribution in [1.29, 1.82) is 0 Å². The number of rotatable bonds is 18. The Labute approximate surface area is 423 Å². The number of halogens is 2. The monoisotopic (exact) mass is 1060 g/mol. The molecule has 0 saturated heterocycles. The van der Waals surface area contributed by atoms with Crippen molar-refractivity contribution in [3.05, 3.63) is 132 Å². The van der Waals surface area contributed by atoms with Crippen LogP contribution in [-0.2, 0) is 42.4 Å². The summed E-state index contributed by atoms with van der Waals surface area (Å²) in [5.41, 5.74) is -3.32. The van der Waals surface area contributed by atoms with E-state index in [4.69, 9.17) is 27.8 Å². The van der Waals surface area contributed by atoms with Gasteiger partial charge in [-0.05, 0) is 90.1 Å². The van der Waals surface area contributed by atoms with Crippen LogP contribution in [0.25, 0.3) is 34.5 Å². The Balaban J connectivity index is 0.000000216. The Morgan fingerprint density at radius 1 is 0.554 bits per heavy atom. The van der Waals surface area contributed by atoms with Gasteiger partial charge < -0.3 is 38.0 Å². The van der Waals surface area contributed by atoms with Crippen molar-refractivity contribution in [3.8, 4) is 57.5 Å². The molecular weight excluding hydrogens is 1010 g/mol. The molecule has 392 valence electrons. The standard InChI is InChI=1S/2C24H26FN5O6S/c2*1-14-9-10-19(36-14)22-29-28-20(30(22)21-17(34-4)7-6-8-18(21)35-5)13-37(32,33)15(2)24(3,31)23-26-11-16(25)12-27-23/h2*6-12,15,31H,13H2,1-5H3/t15-,24+;15-,24-/m11/s1. The zero-order valence-electron chi connectivity index (χ0n) is 41.7. The fraction of sp³-hybridized carbons (Fsp3) is 0.333. The van der Waals surface area contributed by atoms with E-state index >= 15 is 0 Å². The fourth-order valence-electron chi connectivity index (χ4n) is 7.64. The van der Waals surface area contributed by atoms with E-state index in [1.165, 1.54) is 65.3 Å². The third-order valence-corrected chi connectivity index (χ3v) is 16.5. The lowest BCUT2D eigenvalue weighted by Crippen LogP contribution is -2.42. The van der Waals surface area contributed by atoms with Crippen LogP contribution in [0.2, 0.25) is 0 Å². The molecule has 8 rings (SSSR count). The normalized spacial score (nSPS) is 14.2. The van der Waals surface area contributed by atoms with Gasteiger partial charge >= 0.3 is 0 Å². The number of aliphatic hydroxyl groups is 2. The molecule has 8 aromatic rings. The van der Waals surface area contributed by atoms with Crippen LogP contribution in [0.3, 0.4) is 0 Å². The Kier molecular flexibility index (Phi) is 15.7. The summed E-state index contributed by atoms with van der Waals surface area (Å²) in [6.07, 6.45) is 3.44. The first-order chi connectivity index (χ1) is 35.0. The van der Waals surface area contributed by atoms with Crippen LogP contribution in [0.5, 0.6) is 23.0 Å². The van der Waals surface area contributed by atoms with Gasteiger partial charge in [0.2, 0.25) is 11.6 Å². The smallest absolute Gasteiger partial charge is 0.204 e. The van der Waals surface area contributed by atoms with Gasteiger partial charge in [-0.15, -0.1) is 20.4 Å². The van der Waals surface area contributed by atoms with E-state index < -0.39 is 64.5 Å². The number of para-hydroxylation sites is 2. The maximum atomic E-state index is 13.6. The number of aromatic nitrogens is 10. The predicted molar refractivity (Wildman–Crippen MR) is 261 cm³/mol. The second-order valence-electron chi connectivity index (χ2n) is 17.0. The summed E-state index contributed by atoms with van der Waals surface area (Å²) in [6, 6.07) is 17.1. The molecule has 26 heteroatoms. The second kappa shape index (κ2) is 21.4. The largest absolute Gasteiger partial charge is 0.494 e. The molecule has 0 unspecified atom stereocenters. The molecule has 2 aromatic carbocycles. The molecule has 74 heavy (non-hydrogen) atoms. The molecule has 0 aliphatic rings. The summed E-state index contributed by atoms with van der Waals surface area (Å²) in [4.78, 5) is 15.1. The third kappa shape index (κ3) is 10.8. The van der Waals surface area contributed by atoms with Gasteiger partial charge in [-0.3, -0.25) is 9.13 Å². The van der Waals surface area contributed by atoms with Gasteiger partial charge in [0.25, 0.3) is 0 Å². The highest BCUT2D eigenvalue weighted by Gasteiger charge is 2.44. The molecule has 0 spiro atoms. The molecule has 0 radical (unpaired) electrons. The number of aryl methyl sites for hydroxylation is 2. The van der Waals surface area contributed by atoms with Crippen LogP contribution >= 0.6 is 0 Å². The average Bonchev–Trinajstić information content (AvgIpc) is 4.20. The number of sulfone groups is 2. The molecule has 0 aliphatic heterocycles. The van der Waals surface area contributed by atoms with Crippen molar-refractivity contribution >= 4 is 19.7 Å². The van der Waals surface area contributed by atoms with Crippen LogP contribution in [0.15, 0.2) is 94.3 Å². The Hall–Kier alpha value is -7.68. The van der Waals surface area contributed by atoms with E-state index in [1.54, 1.807) is 74.5 Å². The molecule has 4 atom stereocenters. The number of hydrogen-bond acceptors (Lipinski definition) is 20. The van der Waals surface area contributed by atoms with Crippen molar-refractivity contribution in [1.82, 2.24) is 49.5 Å². The molecule has 0 bridgehead atoms. The maximum absolute atomic E-state index is 13.6. The van der Waals surface area contributed by atoms with Gasteiger partial charge in [0.05, 0.1) is 63.7 Å². The zero-order chi connectivity index (χ0) is 53.9. The summed E-state index contributed by atoms with van der Waals surface area (Å²) in [7, 11) is -2.36. The number of furan rings is 2. The van der Waals surface area contributed by atoms with Crippen LogP contribution in [0.4, 0.5) is 8.78 Å². The highest BCUT2D eigenvalue weighted by Crippen LogP contribution is 2.40. The maximum Gasteiger partial charge on any atom is 0.204 e. The van der Waals surface area contributed by atoms with Crippen LogP contribution in [0, 0.1) is 25.5 Å². The molecule has 6 aromatic heterocycles. The van der Waals surface area contributed by atoms with Crippen molar-refractivity contribution in [2.24, 2.45) is 0 Å². The van der Waals surface area contributed by atoms with E-state index in [0.717, 1.165) is 24.8 Å². The molecule has 0 saturated carbocycles. The third-order valence-electron chi connectivity index (χ3n) is 12.1. The lowest BCUT2D eigenvalue weighted by Gasteiger charge is -2.28. The number of methoxy groups -OCH3 is 4. The van der Waals surface area contributed by atoms with Gasteiger partial charge in [-0.2, -0.15) is 0 Å². The number of ether oxygens (including phenoxy) is 4. The Bertz CT molecular complexity index is 3210. The fourth-order valence-corrected chi connectivity index (χ4v) is 10.8. The first-order valence-electron chi connectivity index (χ1n) is 22.3. The van der Waals surface area contributed by atoms with Gasteiger partial charge in [0.15, 0.2) is 66.1 Å². The van der Waals surface area contributed by atoms with Crippen molar-refractivity contribution in [2.45, 2.75) is 74.8 Å². The van der Waals surface area contributed by atoms with Crippen LogP contribution < -0.4 is 18.9 Å². The van der Waals surface area contributed by atoms with Crippen LogP contribution in [0.1, 0.15) is 62.5 Å². The summed E-state index contributed by atoms with van der Waals surface area (Å²) in [5, 5.41) is 36.1. The molecule has 6 heterocycles. The molecule has 0 aliphatic carbocycles. The molecule has 0 fully saturated rings. The van der Waals surface area contributed by atoms with Gasteiger partial charge in [0.1, 0.15) is 68.6 Å². The van der Waals surface area contributed by atoms with E-state index in [2.05, 4.69) is 40.3 Å². The zero-order valence-corrected chi connectivity index (χ0v) is 43.3. The summed E-state index contributed by atoms with van der Waals surface area (Å²) < 4.78 is 118. The van der Waals surface area contributed by atoms with Crippen LogP contribution in [-0.4, -0.2) is 115 Å². The number of nitrogens with zero attached hydrogens (tertiary/aromatic N) is 10. The van der Waals surface area contributed by atoms with E-state index in [-0.39, 0.29) is 34.9 Å². The van der Waals surface area contributed by atoms with Gasteiger partial charge in [0, 0.05) is 0 Å². The minimum atomic E-state index is -4.12. The molecular formula is C48H52F2N10O12S2. The SMILES string of the molecule is COc1cccc(OC)c1-n1c(CS(=O)(=O)[C@H](C)[C@@](C)(O)c2ncc(F)cn2)nnc1-c1ccc(C)o1.COc1cccc(OC)c1-n1c(CS(=O)(=O)[C@H](C)[C@](C)(O)c2ncc(F)cn2)nnc1-c1ccc(C)o1. The summed E-state index contributed by atoms with van der Waals surface area (Å²) >= 11 is 0. The van der Waals surface area contributed by atoms with Crippen molar-refractivity contribution in [2.75, 3.05) is 28.4 Å². The topological polar surface area (TPSA) is 285 Å². The predicted octanol–water partition coefficient (Wildman–Crippen LogP) is 5.99. The lowest BCUT2D eigenvalue weighted by atomic mass is 10.0. The molecule has 0 amide bonds. The van der Waals surface area contributed by atoms with E-state index in [9.17, 15) is 35.8 Å². The van der Waals surface area contributed by atoms with Crippen molar-refractivity contribution < 1.29 is 63.6 Å². The lowest BCUT2D eigenvalue weighted by molar-refractivity contribution is 0.0462. The second-order valence-corrected chi connectivity index (χ2v) is 21.7. The van der Waals surface area contributed by atoms with Gasteiger partial charge in [-0.25, -0.2) is 45.6 Å².